The zero-order valence-electron chi connectivity index (χ0n) is 25.2. The number of hydrogen-bond acceptors (Lipinski definition) is 8. The molecule has 10 nitrogen and oxygen atoms in total. The molecule has 2 heterocycles. The molecule has 10 heteroatoms. The Morgan fingerprint density at radius 2 is 1.81 bits per heavy atom. The van der Waals surface area contributed by atoms with Gasteiger partial charge in [-0.05, 0) is 75.6 Å². The van der Waals surface area contributed by atoms with Crippen LogP contribution in [0.3, 0.4) is 0 Å². The van der Waals surface area contributed by atoms with Crippen LogP contribution in [0.15, 0.2) is 53.5 Å². The van der Waals surface area contributed by atoms with Gasteiger partial charge in [-0.15, -0.1) is 0 Å². The molecule has 2 unspecified atom stereocenters. The second-order valence-electron chi connectivity index (χ2n) is 11.9. The molecule has 0 aromatic heterocycles. The highest BCUT2D eigenvalue weighted by atomic mass is 16.5. The number of amides is 2. The number of benzene rings is 2. The van der Waals surface area contributed by atoms with Crippen molar-refractivity contribution >= 4 is 29.4 Å². The predicted octanol–water partition coefficient (Wildman–Crippen LogP) is 4.72. The summed E-state index contributed by atoms with van der Waals surface area (Å²) in [6, 6.07) is 14.9. The number of carbonyl (C=O) groups excluding carboxylic acids is 3. The van der Waals surface area contributed by atoms with Gasteiger partial charge >= 0.3 is 5.97 Å². The van der Waals surface area contributed by atoms with Crippen LogP contribution in [0.1, 0.15) is 81.1 Å². The summed E-state index contributed by atoms with van der Waals surface area (Å²) < 4.78 is 11.3. The molecular formula is C33H43N5O5. The third-order valence-corrected chi connectivity index (χ3v) is 8.22. The molecule has 5 rings (SSSR count). The second-order valence-corrected chi connectivity index (χ2v) is 11.9. The number of piperidine rings is 1. The van der Waals surface area contributed by atoms with Gasteiger partial charge in [0.15, 0.2) is 0 Å². The van der Waals surface area contributed by atoms with E-state index in [2.05, 4.69) is 15.8 Å². The Hall–Kier alpha value is -3.92. The number of hydrazine groups is 1. The fourth-order valence-electron chi connectivity index (χ4n) is 6.20. The van der Waals surface area contributed by atoms with E-state index in [4.69, 9.17) is 14.5 Å². The van der Waals surface area contributed by atoms with Crippen LogP contribution in [0.4, 0.5) is 5.69 Å². The van der Waals surface area contributed by atoms with Gasteiger partial charge < -0.3 is 14.4 Å². The van der Waals surface area contributed by atoms with E-state index in [9.17, 15) is 14.4 Å². The predicted molar refractivity (Wildman–Crippen MR) is 164 cm³/mol. The van der Waals surface area contributed by atoms with Crippen molar-refractivity contribution < 1.29 is 23.9 Å². The van der Waals surface area contributed by atoms with Crippen molar-refractivity contribution in [3.8, 4) is 5.75 Å². The van der Waals surface area contributed by atoms with Crippen molar-refractivity contribution in [2.75, 3.05) is 19.7 Å². The number of guanidine groups is 1. The lowest BCUT2D eigenvalue weighted by molar-refractivity contribution is -0.147. The summed E-state index contributed by atoms with van der Waals surface area (Å²) in [6.45, 7) is 5.24. The smallest absolute Gasteiger partial charge is 0.325 e. The van der Waals surface area contributed by atoms with Gasteiger partial charge in [-0.2, -0.15) is 0 Å². The molecule has 2 aromatic carbocycles. The number of hydrogen-bond donors (Lipinski definition) is 2. The molecule has 2 atom stereocenters. The molecular weight excluding hydrogens is 546 g/mol. The number of fused-ring (bicyclic) bond motifs is 2. The van der Waals surface area contributed by atoms with Crippen LogP contribution in [0, 0.1) is 5.92 Å². The van der Waals surface area contributed by atoms with Gasteiger partial charge in [0.25, 0.3) is 5.91 Å². The van der Waals surface area contributed by atoms with E-state index in [-0.39, 0.29) is 30.4 Å². The maximum Gasteiger partial charge on any atom is 0.325 e. The van der Waals surface area contributed by atoms with Crippen molar-refractivity contribution in [3.63, 3.8) is 0 Å². The lowest BCUT2D eigenvalue weighted by atomic mass is 9.79. The van der Waals surface area contributed by atoms with E-state index in [1.54, 1.807) is 43.0 Å². The number of ether oxygens (including phenoxy) is 2. The zero-order chi connectivity index (χ0) is 30.2. The Morgan fingerprint density at radius 1 is 1.02 bits per heavy atom. The lowest BCUT2D eigenvalue weighted by Crippen LogP contribution is -2.55. The molecule has 2 fully saturated rings. The summed E-state index contributed by atoms with van der Waals surface area (Å²) >= 11 is 0. The molecule has 2 N–H and O–H groups in total. The highest BCUT2D eigenvalue weighted by Crippen LogP contribution is 2.34. The minimum absolute atomic E-state index is 0.0414. The highest BCUT2D eigenvalue weighted by Gasteiger charge is 2.34. The SMILES string of the molecule is CC(C)OC(=O)CN1Cc2ccc(OCCCC(=O)NN3CCCC4CCCCC43)cc2N=C1NC(=O)c1ccccc1. The van der Waals surface area contributed by atoms with Crippen LogP contribution in [-0.2, 0) is 20.9 Å². The molecule has 2 aliphatic heterocycles. The maximum atomic E-state index is 12.9. The first-order valence-corrected chi connectivity index (χ1v) is 15.6. The maximum absolute atomic E-state index is 12.9. The Bertz CT molecular complexity index is 1310. The molecule has 0 spiro atoms. The van der Waals surface area contributed by atoms with Gasteiger partial charge in [0.05, 0.1) is 18.4 Å². The first kappa shape index (κ1) is 30.5. The Kier molecular flexibility index (Phi) is 10.3. The number of aliphatic imine (C=N–C) groups is 1. The second kappa shape index (κ2) is 14.5. The van der Waals surface area contributed by atoms with Gasteiger partial charge in [0.1, 0.15) is 12.3 Å². The van der Waals surface area contributed by atoms with Crippen LogP contribution in [-0.4, -0.2) is 65.5 Å². The van der Waals surface area contributed by atoms with E-state index in [1.807, 2.05) is 24.3 Å². The van der Waals surface area contributed by atoms with Crippen LogP contribution < -0.4 is 15.5 Å². The average molecular weight is 590 g/mol. The minimum atomic E-state index is -0.400. The fourth-order valence-corrected chi connectivity index (χ4v) is 6.20. The molecule has 0 radical (unpaired) electrons. The molecule has 230 valence electrons. The molecule has 0 bridgehead atoms. The first-order chi connectivity index (χ1) is 20.9. The Balaban J connectivity index is 1.17. The van der Waals surface area contributed by atoms with Crippen molar-refractivity contribution in [2.24, 2.45) is 10.9 Å². The minimum Gasteiger partial charge on any atom is -0.494 e. The quantitative estimate of drug-likeness (QED) is 0.305. The van der Waals surface area contributed by atoms with E-state index in [0.717, 1.165) is 18.5 Å². The number of nitrogens with zero attached hydrogens (tertiary/aromatic N) is 3. The van der Waals surface area contributed by atoms with E-state index < -0.39 is 5.97 Å². The fraction of sp³-hybridized carbons (Fsp3) is 0.515. The van der Waals surface area contributed by atoms with Crippen LogP contribution >= 0.6 is 0 Å². The highest BCUT2D eigenvalue weighted by molar-refractivity contribution is 6.07. The number of esters is 1. The van der Waals surface area contributed by atoms with E-state index >= 15 is 0 Å². The molecule has 3 aliphatic rings. The Labute approximate surface area is 253 Å². The molecule has 2 aromatic rings. The topological polar surface area (TPSA) is 113 Å². The summed E-state index contributed by atoms with van der Waals surface area (Å²) in [7, 11) is 0. The van der Waals surface area contributed by atoms with Crippen molar-refractivity contribution in [1.82, 2.24) is 20.7 Å². The molecule has 43 heavy (non-hydrogen) atoms. The normalized spacial score (nSPS) is 20.0. The molecule has 1 aliphatic carbocycles. The van der Waals surface area contributed by atoms with Gasteiger partial charge in [-0.25, -0.2) is 10.0 Å². The summed E-state index contributed by atoms with van der Waals surface area (Å²) in [5.41, 5.74) is 5.20. The first-order valence-electron chi connectivity index (χ1n) is 15.6. The van der Waals surface area contributed by atoms with Gasteiger partial charge in [0, 0.05) is 37.2 Å². The van der Waals surface area contributed by atoms with Crippen molar-refractivity contribution in [1.29, 1.82) is 0 Å². The summed E-state index contributed by atoms with van der Waals surface area (Å²) in [5.74, 6) is 0.937. The van der Waals surface area contributed by atoms with Crippen LogP contribution in [0.5, 0.6) is 5.75 Å². The number of carbonyl (C=O) groups is 3. The summed E-state index contributed by atoms with van der Waals surface area (Å²) in [4.78, 5) is 44.5. The summed E-state index contributed by atoms with van der Waals surface area (Å²) in [6.07, 6.45) is 8.17. The van der Waals surface area contributed by atoms with Gasteiger partial charge in [-0.1, -0.05) is 37.1 Å². The van der Waals surface area contributed by atoms with Crippen molar-refractivity contribution in [2.45, 2.75) is 83.9 Å². The standard InChI is InChI=1S/C33H43N5O5/c1-23(2)43-31(40)22-37-21-26-16-17-27(20-28(26)34-33(37)35-32(41)25-11-4-3-5-12-25)42-19-9-15-30(39)36-38-18-8-13-24-10-6-7-14-29(24)38/h3-5,11-12,16-17,20,23-24,29H,6-10,13-15,18-19,21-22H2,1-2H3,(H,36,39)(H,34,35,41). The van der Waals surface area contributed by atoms with E-state index in [0.29, 0.717) is 55.0 Å². The third kappa shape index (κ3) is 8.34. The monoisotopic (exact) mass is 589 g/mol. The largest absolute Gasteiger partial charge is 0.494 e. The Morgan fingerprint density at radius 3 is 2.63 bits per heavy atom. The number of rotatable bonds is 10. The molecule has 1 saturated heterocycles. The molecule has 2 amide bonds. The van der Waals surface area contributed by atoms with Crippen LogP contribution in [0.2, 0.25) is 0 Å². The van der Waals surface area contributed by atoms with Gasteiger partial charge in [0.2, 0.25) is 11.9 Å². The van der Waals surface area contributed by atoms with Crippen molar-refractivity contribution in [3.05, 3.63) is 59.7 Å². The van der Waals surface area contributed by atoms with Gasteiger partial charge in [-0.3, -0.25) is 25.1 Å². The average Bonchev–Trinajstić information content (AvgIpc) is 3.00. The summed E-state index contributed by atoms with van der Waals surface area (Å²) in [5, 5.41) is 5.05. The lowest BCUT2D eigenvalue weighted by Gasteiger charge is -2.43. The number of nitrogens with one attached hydrogen (secondary N) is 2. The van der Waals surface area contributed by atoms with Crippen LogP contribution in [0.25, 0.3) is 0 Å². The van der Waals surface area contributed by atoms with E-state index in [1.165, 1.54) is 32.1 Å². The molecule has 1 saturated carbocycles. The third-order valence-electron chi connectivity index (χ3n) is 8.22. The zero-order valence-corrected chi connectivity index (χ0v) is 25.2.